The first-order valence-electron chi connectivity index (χ1n) is 13.6. The molecule has 0 saturated carbocycles. The largest absolute Gasteiger partial charge is 0.497 e. The van der Waals surface area contributed by atoms with Gasteiger partial charge in [0.15, 0.2) is 0 Å². The van der Waals surface area contributed by atoms with E-state index in [0.717, 1.165) is 19.3 Å². The van der Waals surface area contributed by atoms with E-state index >= 15 is 0 Å². The standard InChI is InChI=1S/C28H41N3O6/c1-5-14-29-24(33)21-22-26(35)31(15-8-6-7-9-16-32)23(28(22)17-18(2)27(21,3)37-28)25(34)30-19-10-12-20(36-4)13-11-19/h10-13,18,21-23,32H,5-9,14-17H2,1-4H3,(H,29,33)(H,30,34)/t18?,21-,22-,23?,27+,28?/m0/s1. The number of rotatable bonds is 12. The fraction of sp³-hybridized carbons (Fsp3) is 0.679. The number of carbonyl (C=O) groups excluding carboxylic acids is 3. The lowest BCUT2D eigenvalue weighted by Gasteiger charge is -2.36. The number of fused-ring (bicyclic) bond motifs is 1. The SMILES string of the molecule is CCCNC(=O)[C@@H]1[C@H]2C(=O)N(CCCCCCO)C(C(=O)Nc3ccc(OC)cc3)C23CC(C)[C@@]1(C)O3. The van der Waals surface area contributed by atoms with Gasteiger partial charge >= 0.3 is 0 Å². The molecule has 3 heterocycles. The first-order chi connectivity index (χ1) is 17.7. The van der Waals surface area contributed by atoms with Gasteiger partial charge in [0.25, 0.3) is 0 Å². The van der Waals surface area contributed by atoms with Gasteiger partial charge in [-0.05, 0) is 62.8 Å². The molecule has 4 rings (SSSR count). The van der Waals surface area contributed by atoms with Crippen LogP contribution < -0.4 is 15.4 Å². The molecule has 3 N–H and O–H groups in total. The number of nitrogens with one attached hydrogen (secondary N) is 2. The Labute approximate surface area is 219 Å². The Balaban J connectivity index is 1.66. The van der Waals surface area contributed by atoms with E-state index in [9.17, 15) is 14.4 Å². The molecule has 9 heteroatoms. The van der Waals surface area contributed by atoms with Gasteiger partial charge in [-0.15, -0.1) is 0 Å². The van der Waals surface area contributed by atoms with Crippen LogP contribution in [0.25, 0.3) is 0 Å². The van der Waals surface area contributed by atoms with Gasteiger partial charge in [-0.1, -0.05) is 26.7 Å². The number of hydrogen-bond acceptors (Lipinski definition) is 6. The van der Waals surface area contributed by atoms with Gasteiger partial charge < -0.3 is 30.1 Å². The summed E-state index contributed by atoms with van der Waals surface area (Å²) in [6.45, 7) is 7.03. The first-order valence-corrected chi connectivity index (χ1v) is 13.6. The Morgan fingerprint density at radius 3 is 2.51 bits per heavy atom. The average molecular weight is 516 g/mol. The molecule has 3 unspecified atom stereocenters. The van der Waals surface area contributed by atoms with E-state index < -0.39 is 29.1 Å². The van der Waals surface area contributed by atoms with Crippen molar-refractivity contribution in [2.24, 2.45) is 17.8 Å². The summed E-state index contributed by atoms with van der Waals surface area (Å²) < 4.78 is 11.9. The van der Waals surface area contributed by atoms with Gasteiger partial charge in [0.05, 0.1) is 24.5 Å². The topological polar surface area (TPSA) is 117 Å². The first kappa shape index (κ1) is 27.4. The molecule has 1 aromatic rings. The molecule has 3 aliphatic rings. The monoisotopic (exact) mass is 515 g/mol. The molecule has 0 aliphatic carbocycles. The van der Waals surface area contributed by atoms with Crippen LogP contribution in [0.15, 0.2) is 24.3 Å². The molecule has 2 bridgehead atoms. The number of aliphatic hydroxyl groups excluding tert-OH is 1. The smallest absolute Gasteiger partial charge is 0.250 e. The molecule has 1 aromatic carbocycles. The quantitative estimate of drug-likeness (QED) is 0.369. The second-order valence-electron chi connectivity index (χ2n) is 10.9. The van der Waals surface area contributed by atoms with Crippen LogP contribution in [0.5, 0.6) is 5.75 Å². The molecular formula is C28H41N3O6. The number of carbonyl (C=O) groups is 3. The number of aliphatic hydroxyl groups is 1. The fourth-order valence-electron chi connectivity index (χ4n) is 6.67. The number of ether oxygens (including phenoxy) is 2. The van der Waals surface area contributed by atoms with Gasteiger partial charge in [-0.2, -0.15) is 0 Å². The number of unbranched alkanes of at least 4 members (excludes halogenated alkanes) is 3. The maximum Gasteiger partial charge on any atom is 0.250 e. The summed E-state index contributed by atoms with van der Waals surface area (Å²) in [5, 5.41) is 15.1. The van der Waals surface area contributed by atoms with Crippen molar-refractivity contribution in [2.45, 2.75) is 76.5 Å². The Morgan fingerprint density at radius 2 is 1.86 bits per heavy atom. The maximum atomic E-state index is 14.0. The van der Waals surface area contributed by atoms with Crippen LogP contribution in [0.4, 0.5) is 5.69 Å². The zero-order valence-corrected chi connectivity index (χ0v) is 22.4. The second-order valence-corrected chi connectivity index (χ2v) is 10.9. The lowest BCUT2D eigenvalue weighted by molar-refractivity contribution is -0.146. The van der Waals surface area contributed by atoms with Crippen LogP contribution in [0.3, 0.4) is 0 Å². The highest BCUT2D eigenvalue weighted by Crippen LogP contribution is 2.65. The van der Waals surface area contributed by atoms with E-state index in [4.69, 9.17) is 14.6 Å². The van der Waals surface area contributed by atoms with Crippen molar-refractivity contribution in [2.75, 3.05) is 32.1 Å². The molecule has 3 saturated heterocycles. The molecule has 204 valence electrons. The van der Waals surface area contributed by atoms with Crippen LogP contribution >= 0.6 is 0 Å². The van der Waals surface area contributed by atoms with E-state index in [2.05, 4.69) is 10.6 Å². The molecule has 1 spiro atoms. The zero-order chi connectivity index (χ0) is 26.8. The normalized spacial score (nSPS) is 31.9. The van der Waals surface area contributed by atoms with E-state index in [1.54, 1.807) is 36.3 Å². The summed E-state index contributed by atoms with van der Waals surface area (Å²) >= 11 is 0. The molecule has 37 heavy (non-hydrogen) atoms. The summed E-state index contributed by atoms with van der Waals surface area (Å²) in [5.41, 5.74) is -1.27. The van der Waals surface area contributed by atoms with Gasteiger partial charge in [-0.3, -0.25) is 14.4 Å². The minimum absolute atomic E-state index is 0.00900. The van der Waals surface area contributed by atoms with Crippen molar-refractivity contribution in [3.63, 3.8) is 0 Å². The number of anilines is 1. The van der Waals surface area contributed by atoms with Crippen LogP contribution in [-0.2, 0) is 19.1 Å². The Bertz CT molecular complexity index is 1000. The minimum atomic E-state index is -1.05. The van der Waals surface area contributed by atoms with Crippen molar-refractivity contribution in [3.05, 3.63) is 24.3 Å². The third-order valence-electron chi connectivity index (χ3n) is 8.56. The molecule has 9 nitrogen and oxygen atoms in total. The van der Waals surface area contributed by atoms with E-state index in [1.807, 2.05) is 20.8 Å². The highest BCUT2D eigenvalue weighted by Gasteiger charge is 2.79. The van der Waals surface area contributed by atoms with Crippen molar-refractivity contribution in [3.8, 4) is 5.75 Å². The van der Waals surface area contributed by atoms with Gasteiger partial charge in [0.2, 0.25) is 17.7 Å². The van der Waals surface area contributed by atoms with Crippen molar-refractivity contribution >= 4 is 23.4 Å². The molecule has 0 aromatic heterocycles. The van der Waals surface area contributed by atoms with Gasteiger partial charge in [0.1, 0.15) is 17.4 Å². The molecule has 6 atom stereocenters. The number of amides is 3. The van der Waals surface area contributed by atoms with Crippen molar-refractivity contribution < 1.29 is 29.0 Å². The zero-order valence-electron chi connectivity index (χ0n) is 22.4. The predicted molar refractivity (Wildman–Crippen MR) is 139 cm³/mol. The molecular weight excluding hydrogens is 474 g/mol. The summed E-state index contributed by atoms with van der Waals surface area (Å²) in [6, 6.07) is 6.23. The number of nitrogens with zero attached hydrogens (tertiary/aromatic N) is 1. The Hall–Kier alpha value is -2.65. The predicted octanol–water partition coefficient (Wildman–Crippen LogP) is 2.72. The van der Waals surface area contributed by atoms with Crippen LogP contribution in [0.2, 0.25) is 0 Å². The summed E-state index contributed by atoms with van der Waals surface area (Å²) in [4.78, 5) is 43.0. The molecule has 3 amide bonds. The third kappa shape index (κ3) is 4.72. The number of hydrogen-bond donors (Lipinski definition) is 3. The highest BCUT2D eigenvalue weighted by molar-refractivity contribution is 6.03. The molecule has 3 aliphatic heterocycles. The maximum absolute atomic E-state index is 14.0. The summed E-state index contributed by atoms with van der Waals surface area (Å²) in [6.07, 6.45) is 4.44. The molecule has 0 radical (unpaired) electrons. The highest BCUT2D eigenvalue weighted by atomic mass is 16.5. The molecule has 3 fully saturated rings. The third-order valence-corrected chi connectivity index (χ3v) is 8.56. The van der Waals surface area contributed by atoms with Crippen LogP contribution in [0.1, 0.15) is 59.3 Å². The van der Waals surface area contributed by atoms with E-state index in [1.165, 1.54) is 0 Å². The van der Waals surface area contributed by atoms with Crippen molar-refractivity contribution in [1.82, 2.24) is 10.2 Å². The van der Waals surface area contributed by atoms with Gasteiger partial charge in [-0.25, -0.2) is 0 Å². The van der Waals surface area contributed by atoms with Gasteiger partial charge in [0, 0.05) is 25.4 Å². The fourth-order valence-corrected chi connectivity index (χ4v) is 6.67. The number of benzene rings is 1. The number of likely N-dealkylation sites (tertiary alicyclic amines) is 1. The summed E-state index contributed by atoms with van der Waals surface area (Å²) in [7, 11) is 1.58. The lowest BCUT2D eigenvalue weighted by atomic mass is 9.62. The number of methoxy groups -OCH3 is 1. The Kier molecular flexibility index (Phi) is 8.14. The second kappa shape index (κ2) is 11.0. The minimum Gasteiger partial charge on any atom is -0.497 e. The van der Waals surface area contributed by atoms with Crippen molar-refractivity contribution in [1.29, 1.82) is 0 Å². The van der Waals surface area contributed by atoms with Crippen LogP contribution in [-0.4, -0.2) is 71.8 Å². The summed E-state index contributed by atoms with van der Waals surface area (Å²) in [5.74, 6) is -1.31. The van der Waals surface area contributed by atoms with E-state index in [-0.39, 0.29) is 30.2 Å². The van der Waals surface area contributed by atoms with Crippen LogP contribution in [0, 0.1) is 17.8 Å². The average Bonchev–Trinajstić information content (AvgIpc) is 3.39. The van der Waals surface area contributed by atoms with E-state index in [0.29, 0.717) is 43.8 Å². The Morgan fingerprint density at radius 1 is 1.16 bits per heavy atom. The lowest BCUT2D eigenvalue weighted by Crippen LogP contribution is -2.54.